The van der Waals surface area contributed by atoms with Crippen LogP contribution in [0.3, 0.4) is 0 Å². The number of carbonyl (C=O) groups excluding carboxylic acids is 1. The van der Waals surface area contributed by atoms with E-state index in [2.05, 4.69) is 4.98 Å². The number of hydrogen-bond acceptors (Lipinski definition) is 2. The Labute approximate surface area is 114 Å². The molecule has 0 bridgehead atoms. The Balaban J connectivity index is 2.08. The van der Waals surface area contributed by atoms with Crippen LogP contribution in [0.1, 0.15) is 31.2 Å². The fourth-order valence-electron chi connectivity index (χ4n) is 3.14. The summed E-state index contributed by atoms with van der Waals surface area (Å²) in [5.74, 6) is -2.79. The molecular formula is C13H13ClF2N2O. The second kappa shape index (κ2) is 3.88. The molecule has 1 aliphatic carbocycles. The summed E-state index contributed by atoms with van der Waals surface area (Å²) >= 11 is 5.89. The molecule has 0 atom stereocenters. The van der Waals surface area contributed by atoms with Crippen LogP contribution in [0, 0.1) is 0 Å². The molecule has 0 saturated heterocycles. The normalized spacial score (nSPS) is 23.8. The summed E-state index contributed by atoms with van der Waals surface area (Å²) in [6.45, 7) is 0. The molecule has 1 saturated carbocycles. The van der Waals surface area contributed by atoms with Crippen molar-refractivity contribution >= 4 is 23.2 Å². The first-order valence-electron chi connectivity index (χ1n) is 6.18. The predicted molar refractivity (Wildman–Crippen MR) is 67.8 cm³/mol. The van der Waals surface area contributed by atoms with Crippen molar-refractivity contribution in [2.75, 3.05) is 11.9 Å². The summed E-state index contributed by atoms with van der Waals surface area (Å²) in [6.07, 6.45) is 1.35. The van der Waals surface area contributed by atoms with E-state index in [9.17, 15) is 13.6 Å². The van der Waals surface area contributed by atoms with Crippen molar-refractivity contribution in [3.8, 4) is 0 Å². The van der Waals surface area contributed by atoms with Crippen LogP contribution in [0.25, 0.3) is 0 Å². The van der Waals surface area contributed by atoms with Gasteiger partial charge in [0.2, 0.25) is 11.8 Å². The molecule has 19 heavy (non-hydrogen) atoms. The van der Waals surface area contributed by atoms with E-state index in [4.69, 9.17) is 11.6 Å². The van der Waals surface area contributed by atoms with Gasteiger partial charge in [-0.2, -0.15) is 0 Å². The minimum Gasteiger partial charge on any atom is -0.313 e. The Hall–Kier alpha value is -1.23. The van der Waals surface area contributed by atoms with Gasteiger partial charge in [-0.15, -0.1) is 0 Å². The van der Waals surface area contributed by atoms with Crippen molar-refractivity contribution in [2.45, 2.75) is 37.0 Å². The van der Waals surface area contributed by atoms with Gasteiger partial charge < -0.3 is 4.90 Å². The first-order chi connectivity index (χ1) is 8.86. The molecule has 1 spiro atoms. The quantitative estimate of drug-likeness (QED) is 0.687. The van der Waals surface area contributed by atoms with Crippen LogP contribution < -0.4 is 4.90 Å². The third kappa shape index (κ3) is 1.75. The largest absolute Gasteiger partial charge is 0.313 e. The second-order valence-electron chi connectivity index (χ2n) is 5.33. The van der Waals surface area contributed by atoms with Crippen LogP contribution >= 0.6 is 11.6 Å². The summed E-state index contributed by atoms with van der Waals surface area (Å²) in [7, 11) is 1.65. The number of nitrogens with zero attached hydrogens (tertiary/aromatic N) is 2. The molecule has 0 unspecified atom stereocenters. The Morgan fingerprint density at radius 3 is 2.58 bits per heavy atom. The van der Waals surface area contributed by atoms with Gasteiger partial charge >= 0.3 is 0 Å². The molecule has 3 nitrogen and oxygen atoms in total. The lowest BCUT2D eigenvalue weighted by atomic mass is 9.69. The lowest BCUT2D eigenvalue weighted by molar-refractivity contribution is -0.127. The summed E-state index contributed by atoms with van der Waals surface area (Å²) in [5, 5.41) is 0.290. The molecule has 2 aliphatic rings. The Bertz CT molecular complexity index is 552. The second-order valence-corrected chi connectivity index (χ2v) is 5.71. The van der Waals surface area contributed by atoms with Gasteiger partial charge in [0.1, 0.15) is 5.15 Å². The number of alkyl halides is 2. The van der Waals surface area contributed by atoms with Crippen LogP contribution in [0.15, 0.2) is 12.3 Å². The number of amides is 1. The molecule has 2 heterocycles. The number of fused-ring (bicyclic) bond motifs is 2. The minimum atomic E-state index is -2.66. The number of likely N-dealkylation sites (N-methyl/N-ethyl adjacent to an activating group) is 1. The summed E-state index contributed by atoms with van der Waals surface area (Å²) in [6, 6.07) is 1.64. The minimum absolute atomic E-state index is 0.123. The third-order valence-corrected chi connectivity index (χ3v) is 4.48. The number of anilines is 1. The maximum Gasteiger partial charge on any atom is 0.248 e. The molecule has 1 fully saturated rings. The number of carbonyl (C=O) groups is 1. The van der Waals surface area contributed by atoms with Crippen molar-refractivity contribution in [2.24, 2.45) is 0 Å². The highest BCUT2D eigenvalue weighted by atomic mass is 35.5. The highest BCUT2D eigenvalue weighted by Crippen LogP contribution is 2.52. The predicted octanol–water partition coefficient (Wildman–Crippen LogP) is 3.16. The average Bonchev–Trinajstić information content (AvgIpc) is 2.56. The van der Waals surface area contributed by atoms with Gasteiger partial charge in [0, 0.05) is 19.9 Å². The monoisotopic (exact) mass is 286 g/mol. The van der Waals surface area contributed by atoms with E-state index < -0.39 is 11.3 Å². The zero-order chi connectivity index (χ0) is 13.8. The van der Waals surface area contributed by atoms with E-state index in [0.29, 0.717) is 10.8 Å². The Morgan fingerprint density at radius 2 is 1.95 bits per heavy atom. The maximum atomic E-state index is 13.4. The number of aromatic nitrogens is 1. The molecule has 0 aromatic carbocycles. The SMILES string of the molecule is CN1C(=O)C2(CCC(F)(F)CC2)c2cc(Cl)ncc21. The van der Waals surface area contributed by atoms with Crippen molar-refractivity contribution in [3.05, 3.63) is 23.0 Å². The first-order valence-corrected chi connectivity index (χ1v) is 6.56. The maximum absolute atomic E-state index is 13.4. The zero-order valence-corrected chi connectivity index (χ0v) is 11.2. The van der Waals surface area contributed by atoms with Gasteiger partial charge in [0.15, 0.2) is 0 Å². The van der Waals surface area contributed by atoms with Gasteiger partial charge in [-0.05, 0) is 24.5 Å². The molecule has 1 aromatic rings. The van der Waals surface area contributed by atoms with Gasteiger partial charge in [0.05, 0.1) is 17.3 Å². The van der Waals surface area contributed by atoms with Crippen LogP contribution in [0.5, 0.6) is 0 Å². The van der Waals surface area contributed by atoms with Gasteiger partial charge in [0.25, 0.3) is 0 Å². The zero-order valence-electron chi connectivity index (χ0n) is 10.4. The first kappa shape index (κ1) is 12.8. The standard InChI is InChI=1S/C13H13ClF2N2O/c1-18-9-7-17-10(14)6-8(9)12(11(18)19)2-4-13(15,16)5-3-12/h6-7H,2-5H2,1H3. The van der Waals surface area contributed by atoms with E-state index in [1.165, 1.54) is 11.1 Å². The van der Waals surface area contributed by atoms with Gasteiger partial charge in [-0.1, -0.05) is 11.6 Å². The van der Waals surface area contributed by atoms with E-state index in [0.717, 1.165) is 5.56 Å². The fourth-order valence-corrected chi connectivity index (χ4v) is 3.30. The number of pyridine rings is 1. The van der Waals surface area contributed by atoms with Gasteiger partial charge in [-0.25, -0.2) is 13.8 Å². The Kier molecular flexibility index (Phi) is 2.61. The average molecular weight is 287 g/mol. The highest BCUT2D eigenvalue weighted by Gasteiger charge is 2.54. The molecule has 1 aromatic heterocycles. The van der Waals surface area contributed by atoms with E-state index in [1.54, 1.807) is 13.1 Å². The van der Waals surface area contributed by atoms with Crippen LogP contribution in [-0.2, 0) is 10.2 Å². The van der Waals surface area contributed by atoms with Crippen LogP contribution in [-0.4, -0.2) is 23.9 Å². The summed E-state index contributed by atoms with van der Waals surface area (Å²) in [4.78, 5) is 17.9. The highest BCUT2D eigenvalue weighted by molar-refractivity contribution is 6.29. The van der Waals surface area contributed by atoms with Crippen LogP contribution in [0.2, 0.25) is 5.15 Å². The van der Waals surface area contributed by atoms with E-state index in [-0.39, 0.29) is 31.6 Å². The van der Waals surface area contributed by atoms with Crippen molar-refractivity contribution in [3.63, 3.8) is 0 Å². The third-order valence-electron chi connectivity index (χ3n) is 4.28. The molecule has 3 rings (SSSR count). The molecule has 6 heteroatoms. The number of rotatable bonds is 0. The topological polar surface area (TPSA) is 33.2 Å². The van der Waals surface area contributed by atoms with E-state index in [1.807, 2.05) is 0 Å². The van der Waals surface area contributed by atoms with Crippen molar-refractivity contribution in [1.29, 1.82) is 0 Å². The van der Waals surface area contributed by atoms with Gasteiger partial charge in [-0.3, -0.25) is 4.79 Å². The lowest BCUT2D eigenvalue weighted by Gasteiger charge is -2.35. The Morgan fingerprint density at radius 1 is 1.32 bits per heavy atom. The molecule has 1 amide bonds. The summed E-state index contributed by atoms with van der Waals surface area (Å²) in [5.41, 5.74) is 0.591. The molecule has 0 radical (unpaired) electrons. The number of halogens is 3. The van der Waals surface area contributed by atoms with Crippen molar-refractivity contribution < 1.29 is 13.6 Å². The smallest absolute Gasteiger partial charge is 0.248 e. The molecule has 102 valence electrons. The summed E-state index contributed by atoms with van der Waals surface area (Å²) < 4.78 is 26.7. The molecule has 0 N–H and O–H groups in total. The fraction of sp³-hybridized carbons (Fsp3) is 0.538. The van der Waals surface area contributed by atoms with Crippen molar-refractivity contribution in [1.82, 2.24) is 4.98 Å². The van der Waals surface area contributed by atoms with Crippen LogP contribution in [0.4, 0.5) is 14.5 Å². The molecular weight excluding hydrogens is 274 g/mol. The lowest BCUT2D eigenvalue weighted by Crippen LogP contribution is -2.44. The molecule has 1 aliphatic heterocycles. The number of hydrogen-bond donors (Lipinski definition) is 0. The van der Waals surface area contributed by atoms with E-state index >= 15 is 0 Å².